The fourth-order valence-corrected chi connectivity index (χ4v) is 4.86. The first-order valence-electron chi connectivity index (χ1n) is 9.73. The number of amides is 1. The Balaban J connectivity index is 2.21. The quantitative estimate of drug-likeness (QED) is 0.605. The summed E-state index contributed by atoms with van der Waals surface area (Å²) in [7, 11) is -3.78. The summed E-state index contributed by atoms with van der Waals surface area (Å²) >= 11 is 0. The molecule has 0 atom stereocenters. The molecule has 0 aromatic heterocycles. The van der Waals surface area contributed by atoms with Crippen LogP contribution in [0.3, 0.4) is 0 Å². The van der Waals surface area contributed by atoms with E-state index >= 15 is 0 Å². The molecule has 0 aliphatic carbocycles. The van der Waals surface area contributed by atoms with Gasteiger partial charge in [-0.05, 0) is 69.9 Å². The maximum absolute atomic E-state index is 13.0. The number of hydrogen-bond donors (Lipinski definition) is 2. The number of hydrogen-bond acceptors (Lipinski definition) is 4. The highest BCUT2D eigenvalue weighted by atomic mass is 32.2. The van der Waals surface area contributed by atoms with Gasteiger partial charge in [0.25, 0.3) is 15.9 Å². The van der Waals surface area contributed by atoms with Crippen molar-refractivity contribution < 1.29 is 17.9 Å². The molecule has 0 aliphatic rings. The molecule has 0 bridgehead atoms. The fourth-order valence-electron chi connectivity index (χ4n) is 3.28. The van der Waals surface area contributed by atoms with E-state index < -0.39 is 10.0 Å². The maximum atomic E-state index is 13.0. The van der Waals surface area contributed by atoms with Crippen molar-refractivity contribution in [3.05, 3.63) is 58.1 Å². The highest BCUT2D eigenvalue weighted by Crippen LogP contribution is 2.26. The van der Waals surface area contributed by atoms with Crippen LogP contribution in [0.25, 0.3) is 0 Å². The number of carbonyl (C=O) groups excluding carboxylic acids is 1. The van der Waals surface area contributed by atoms with Gasteiger partial charge in [-0.25, -0.2) is 8.42 Å². The van der Waals surface area contributed by atoms with Crippen LogP contribution in [0.2, 0.25) is 0 Å². The Morgan fingerprint density at radius 2 is 1.66 bits per heavy atom. The van der Waals surface area contributed by atoms with Crippen LogP contribution in [-0.2, 0) is 14.8 Å². The Hall–Kier alpha value is -2.38. The molecule has 2 aromatic rings. The molecule has 158 valence electrons. The van der Waals surface area contributed by atoms with Crippen molar-refractivity contribution in [2.75, 3.05) is 24.5 Å². The zero-order valence-corrected chi connectivity index (χ0v) is 18.6. The van der Waals surface area contributed by atoms with Gasteiger partial charge in [-0.15, -0.1) is 0 Å². The average molecular weight is 419 g/mol. The normalized spacial score (nSPS) is 11.3. The Morgan fingerprint density at radius 1 is 1.00 bits per heavy atom. The second kappa shape index (κ2) is 9.89. The minimum Gasteiger partial charge on any atom is -0.382 e. The number of sulfonamides is 1. The van der Waals surface area contributed by atoms with E-state index in [0.29, 0.717) is 42.1 Å². The van der Waals surface area contributed by atoms with Gasteiger partial charge in [0.1, 0.15) is 0 Å². The number of carbonyl (C=O) groups is 1. The SMILES string of the molecule is CCOCCCNC(=O)c1ccc(C)c(NS(=O)(=O)c2c(C)cc(C)cc2C)c1. The maximum Gasteiger partial charge on any atom is 0.262 e. The molecule has 0 saturated heterocycles. The van der Waals surface area contributed by atoms with Crippen molar-refractivity contribution in [2.45, 2.75) is 45.9 Å². The van der Waals surface area contributed by atoms with Crippen molar-refractivity contribution in [3.63, 3.8) is 0 Å². The molecular weight excluding hydrogens is 388 g/mol. The molecule has 0 spiro atoms. The van der Waals surface area contributed by atoms with Crippen molar-refractivity contribution in [1.82, 2.24) is 5.32 Å². The average Bonchev–Trinajstić information content (AvgIpc) is 2.61. The van der Waals surface area contributed by atoms with E-state index in [0.717, 1.165) is 17.5 Å². The molecule has 6 nitrogen and oxygen atoms in total. The van der Waals surface area contributed by atoms with Gasteiger partial charge < -0.3 is 10.1 Å². The summed E-state index contributed by atoms with van der Waals surface area (Å²) in [5.41, 5.74) is 3.93. The van der Waals surface area contributed by atoms with Crippen LogP contribution >= 0.6 is 0 Å². The first kappa shape index (κ1) is 22.9. The van der Waals surface area contributed by atoms with Crippen LogP contribution in [0.1, 0.15) is 46.0 Å². The van der Waals surface area contributed by atoms with Crippen molar-refractivity contribution in [3.8, 4) is 0 Å². The number of ether oxygens (including phenoxy) is 1. The lowest BCUT2D eigenvalue weighted by molar-refractivity contribution is 0.0944. The molecule has 0 unspecified atom stereocenters. The van der Waals surface area contributed by atoms with Gasteiger partial charge in [0.15, 0.2) is 0 Å². The van der Waals surface area contributed by atoms with Crippen LogP contribution < -0.4 is 10.0 Å². The zero-order chi connectivity index (χ0) is 21.6. The number of rotatable bonds is 9. The predicted octanol–water partition coefficient (Wildman–Crippen LogP) is 3.88. The van der Waals surface area contributed by atoms with E-state index in [2.05, 4.69) is 10.0 Å². The molecule has 1 amide bonds. The molecular formula is C22H30N2O4S. The lowest BCUT2D eigenvalue weighted by Gasteiger charge is -2.16. The molecule has 0 radical (unpaired) electrons. The van der Waals surface area contributed by atoms with E-state index in [1.807, 2.05) is 26.0 Å². The van der Waals surface area contributed by atoms with Gasteiger partial charge in [-0.2, -0.15) is 0 Å². The van der Waals surface area contributed by atoms with Crippen LogP contribution in [0, 0.1) is 27.7 Å². The molecule has 29 heavy (non-hydrogen) atoms. The van der Waals surface area contributed by atoms with Crippen LogP contribution in [0.15, 0.2) is 35.2 Å². The van der Waals surface area contributed by atoms with Gasteiger partial charge in [0.05, 0.1) is 10.6 Å². The minimum absolute atomic E-state index is 0.246. The summed E-state index contributed by atoms with van der Waals surface area (Å²) in [6.45, 7) is 11.0. The zero-order valence-electron chi connectivity index (χ0n) is 17.8. The second-order valence-electron chi connectivity index (χ2n) is 7.17. The Kier molecular flexibility index (Phi) is 7.81. The lowest BCUT2D eigenvalue weighted by Crippen LogP contribution is -2.25. The molecule has 0 fully saturated rings. The molecule has 0 saturated carbocycles. The first-order chi connectivity index (χ1) is 13.7. The summed E-state index contributed by atoms with van der Waals surface area (Å²) in [4.78, 5) is 12.7. The lowest BCUT2D eigenvalue weighted by atomic mass is 10.1. The summed E-state index contributed by atoms with van der Waals surface area (Å²) in [5, 5.41) is 2.83. The van der Waals surface area contributed by atoms with E-state index in [1.165, 1.54) is 0 Å². The monoisotopic (exact) mass is 418 g/mol. The minimum atomic E-state index is -3.78. The highest BCUT2D eigenvalue weighted by molar-refractivity contribution is 7.92. The molecule has 2 N–H and O–H groups in total. The Labute approximate surface area is 173 Å². The molecule has 2 aromatic carbocycles. The van der Waals surface area contributed by atoms with Crippen LogP contribution in [-0.4, -0.2) is 34.1 Å². The van der Waals surface area contributed by atoms with E-state index in [1.54, 1.807) is 39.0 Å². The van der Waals surface area contributed by atoms with Crippen LogP contribution in [0.5, 0.6) is 0 Å². The largest absolute Gasteiger partial charge is 0.382 e. The molecule has 0 aliphatic heterocycles. The first-order valence-corrected chi connectivity index (χ1v) is 11.2. The van der Waals surface area contributed by atoms with Gasteiger partial charge in [0.2, 0.25) is 0 Å². The van der Waals surface area contributed by atoms with Crippen molar-refractivity contribution in [2.24, 2.45) is 0 Å². The third-order valence-corrected chi connectivity index (χ3v) is 6.24. The van der Waals surface area contributed by atoms with Gasteiger partial charge >= 0.3 is 0 Å². The standard InChI is InChI=1S/C22H30N2O4S/c1-6-28-11-7-10-23-22(25)19-9-8-16(3)20(14-19)24-29(26,27)21-17(4)12-15(2)13-18(21)5/h8-9,12-14,24H,6-7,10-11H2,1-5H3,(H,23,25). The van der Waals surface area contributed by atoms with Crippen molar-refractivity contribution >= 4 is 21.6 Å². The van der Waals surface area contributed by atoms with E-state index in [4.69, 9.17) is 4.74 Å². The molecule has 2 rings (SSSR count). The van der Waals surface area contributed by atoms with E-state index in [-0.39, 0.29) is 10.8 Å². The second-order valence-corrected chi connectivity index (χ2v) is 8.79. The van der Waals surface area contributed by atoms with Crippen LogP contribution in [0.4, 0.5) is 5.69 Å². The fraction of sp³-hybridized carbons (Fsp3) is 0.409. The number of benzene rings is 2. The summed E-state index contributed by atoms with van der Waals surface area (Å²) in [5.74, 6) is -0.246. The highest BCUT2D eigenvalue weighted by Gasteiger charge is 2.21. The topological polar surface area (TPSA) is 84.5 Å². The van der Waals surface area contributed by atoms with Gasteiger partial charge in [0, 0.05) is 25.3 Å². The van der Waals surface area contributed by atoms with Crippen molar-refractivity contribution in [1.29, 1.82) is 0 Å². The van der Waals surface area contributed by atoms with E-state index in [9.17, 15) is 13.2 Å². The third-order valence-electron chi connectivity index (χ3n) is 4.57. The Bertz CT molecular complexity index is 961. The Morgan fingerprint density at radius 3 is 2.28 bits per heavy atom. The molecule has 7 heteroatoms. The summed E-state index contributed by atoms with van der Waals surface area (Å²) < 4.78 is 34.0. The summed E-state index contributed by atoms with van der Waals surface area (Å²) in [6.07, 6.45) is 0.719. The third kappa shape index (κ3) is 6.05. The van der Waals surface area contributed by atoms with Gasteiger partial charge in [-0.3, -0.25) is 9.52 Å². The predicted molar refractivity (Wildman–Crippen MR) is 116 cm³/mol. The van der Waals surface area contributed by atoms with Gasteiger partial charge in [-0.1, -0.05) is 23.8 Å². The summed E-state index contributed by atoms with van der Waals surface area (Å²) in [6, 6.07) is 8.69. The number of nitrogens with one attached hydrogen (secondary N) is 2. The number of aryl methyl sites for hydroxylation is 4. The smallest absolute Gasteiger partial charge is 0.262 e. The number of anilines is 1. The molecule has 0 heterocycles.